The molecule has 42 heavy (non-hydrogen) atoms. The highest BCUT2D eigenvalue weighted by molar-refractivity contribution is 5.87. The molecule has 3 rings (SSSR count). The topological polar surface area (TPSA) is 132 Å². The molecular formula is C33H52O9. The quantitative estimate of drug-likeness (QED) is 0.203. The molecule has 0 bridgehead atoms. The van der Waals surface area contributed by atoms with Crippen LogP contribution in [0.1, 0.15) is 88.0 Å². The first kappa shape index (κ1) is 34.5. The molecule has 9 nitrogen and oxygen atoms in total. The number of carbonyl (C=O) groups is 2. The van der Waals surface area contributed by atoms with Crippen molar-refractivity contribution in [1.82, 2.24) is 0 Å². The van der Waals surface area contributed by atoms with Crippen LogP contribution in [0.3, 0.4) is 0 Å². The molecule has 238 valence electrons. The fourth-order valence-corrected chi connectivity index (χ4v) is 7.61. The van der Waals surface area contributed by atoms with Crippen molar-refractivity contribution in [3.63, 3.8) is 0 Å². The van der Waals surface area contributed by atoms with Gasteiger partial charge in [-0.15, -0.1) is 0 Å². The van der Waals surface area contributed by atoms with Gasteiger partial charge in [-0.2, -0.15) is 0 Å². The molecule has 1 heterocycles. The summed E-state index contributed by atoms with van der Waals surface area (Å²) < 4.78 is 24.0. The summed E-state index contributed by atoms with van der Waals surface area (Å²) in [6.07, 6.45) is 1.75. The van der Waals surface area contributed by atoms with Gasteiger partial charge < -0.3 is 34.3 Å². The molecule has 0 aromatic heterocycles. The van der Waals surface area contributed by atoms with E-state index in [-0.39, 0.29) is 23.9 Å². The van der Waals surface area contributed by atoms with Gasteiger partial charge >= 0.3 is 11.9 Å². The Labute approximate surface area is 250 Å². The van der Waals surface area contributed by atoms with Crippen LogP contribution in [-0.4, -0.2) is 76.8 Å². The number of carbonyl (C=O) groups excluding carboxylic acids is 2. The Morgan fingerprint density at radius 2 is 1.79 bits per heavy atom. The molecule has 9 heteroatoms. The van der Waals surface area contributed by atoms with Crippen LogP contribution in [0.4, 0.5) is 0 Å². The maximum Gasteiger partial charge on any atom is 0.333 e. The Bertz CT molecular complexity index is 1080. The van der Waals surface area contributed by atoms with Crippen LogP contribution in [0.2, 0.25) is 0 Å². The van der Waals surface area contributed by atoms with Gasteiger partial charge in [0.1, 0.15) is 18.3 Å². The Morgan fingerprint density at radius 1 is 1.12 bits per heavy atom. The average molecular weight is 593 g/mol. The first-order chi connectivity index (χ1) is 19.6. The molecule has 1 saturated carbocycles. The lowest BCUT2D eigenvalue weighted by molar-refractivity contribution is -0.326. The fraction of sp³-hybridized carbons (Fsp3) is 0.758. The Kier molecular flexibility index (Phi) is 11.3. The van der Waals surface area contributed by atoms with Crippen LogP contribution in [0, 0.1) is 22.7 Å². The van der Waals surface area contributed by atoms with E-state index in [0.29, 0.717) is 12.0 Å². The zero-order valence-electron chi connectivity index (χ0n) is 26.8. The van der Waals surface area contributed by atoms with Gasteiger partial charge in [0.2, 0.25) is 0 Å². The Hall–Kier alpha value is -2.04. The van der Waals surface area contributed by atoms with E-state index in [1.807, 2.05) is 13.0 Å². The van der Waals surface area contributed by atoms with Gasteiger partial charge in [0.15, 0.2) is 12.4 Å². The van der Waals surface area contributed by atoms with Crippen LogP contribution in [0.25, 0.3) is 0 Å². The summed E-state index contributed by atoms with van der Waals surface area (Å²) in [4.78, 5) is 24.9. The van der Waals surface area contributed by atoms with Crippen LogP contribution in [0.15, 0.2) is 34.9 Å². The number of aliphatic hydroxyl groups is 3. The van der Waals surface area contributed by atoms with Crippen molar-refractivity contribution in [3.05, 3.63) is 34.9 Å². The predicted molar refractivity (Wildman–Crippen MR) is 158 cm³/mol. The van der Waals surface area contributed by atoms with Gasteiger partial charge in [-0.25, -0.2) is 4.79 Å². The summed E-state index contributed by atoms with van der Waals surface area (Å²) in [6.45, 7) is 17.1. The number of hydrogen-bond acceptors (Lipinski definition) is 9. The van der Waals surface area contributed by atoms with E-state index < -0.39 is 60.3 Å². The molecular weight excluding hydrogens is 540 g/mol. The first-order valence-corrected chi connectivity index (χ1v) is 15.2. The van der Waals surface area contributed by atoms with Crippen molar-refractivity contribution in [2.75, 3.05) is 6.61 Å². The van der Waals surface area contributed by atoms with E-state index in [1.54, 1.807) is 26.8 Å². The summed E-state index contributed by atoms with van der Waals surface area (Å²) >= 11 is 0. The highest BCUT2D eigenvalue weighted by Gasteiger charge is 2.61. The molecule has 10 atom stereocenters. The van der Waals surface area contributed by atoms with Crippen LogP contribution in [-0.2, 0) is 28.5 Å². The lowest BCUT2D eigenvalue weighted by Gasteiger charge is -2.61. The van der Waals surface area contributed by atoms with E-state index in [0.717, 1.165) is 24.8 Å². The van der Waals surface area contributed by atoms with Gasteiger partial charge in [-0.05, 0) is 77.6 Å². The number of rotatable bonds is 9. The monoisotopic (exact) mass is 592 g/mol. The Morgan fingerprint density at radius 3 is 2.38 bits per heavy atom. The van der Waals surface area contributed by atoms with Gasteiger partial charge in [-0.3, -0.25) is 4.79 Å². The maximum atomic E-state index is 13.1. The largest absolute Gasteiger partial charge is 0.457 e. The average Bonchev–Trinajstić information content (AvgIpc) is 2.90. The highest BCUT2D eigenvalue weighted by atomic mass is 16.7. The van der Waals surface area contributed by atoms with Gasteiger partial charge in [0.25, 0.3) is 0 Å². The normalized spacial score (nSPS) is 38.8. The second-order valence-electron chi connectivity index (χ2n) is 13.3. The molecule has 2 fully saturated rings. The summed E-state index contributed by atoms with van der Waals surface area (Å²) in [5.74, 6) is -0.685. The lowest BCUT2D eigenvalue weighted by Crippen LogP contribution is -2.64. The minimum absolute atomic E-state index is 0.0119. The highest BCUT2D eigenvalue weighted by Crippen LogP contribution is 2.62. The number of esters is 2. The van der Waals surface area contributed by atoms with Crippen molar-refractivity contribution < 1.29 is 43.9 Å². The zero-order valence-corrected chi connectivity index (χ0v) is 26.8. The molecule has 0 spiro atoms. The number of fused-ring (bicyclic) bond motifs is 1. The van der Waals surface area contributed by atoms with Crippen molar-refractivity contribution in [1.29, 1.82) is 0 Å². The number of ether oxygens (including phenoxy) is 4. The summed E-state index contributed by atoms with van der Waals surface area (Å²) in [6, 6.07) is 0. The molecule has 0 aromatic carbocycles. The maximum absolute atomic E-state index is 13.1. The molecule has 0 unspecified atom stereocenters. The zero-order chi connectivity index (χ0) is 31.6. The third kappa shape index (κ3) is 7.02. The van der Waals surface area contributed by atoms with Gasteiger partial charge in [0.05, 0.1) is 18.8 Å². The lowest BCUT2D eigenvalue weighted by atomic mass is 9.46. The van der Waals surface area contributed by atoms with Gasteiger partial charge in [0, 0.05) is 17.9 Å². The molecule has 3 aliphatic rings. The molecule has 0 amide bonds. The second-order valence-corrected chi connectivity index (χ2v) is 13.3. The number of hydrogen-bond donors (Lipinski definition) is 3. The summed E-state index contributed by atoms with van der Waals surface area (Å²) in [7, 11) is 0. The third-order valence-corrected chi connectivity index (χ3v) is 10.1. The van der Waals surface area contributed by atoms with E-state index in [2.05, 4.69) is 33.8 Å². The number of aliphatic hydroxyl groups excluding tert-OH is 3. The molecule has 0 radical (unpaired) electrons. The minimum atomic E-state index is -1.45. The fourth-order valence-electron chi connectivity index (χ4n) is 7.61. The molecule has 1 aliphatic heterocycles. The smallest absolute Gasteiger partial charge is 0.333 e. The van der Waals surface area contributed by atoms with E-state index in [1.165, 1.54) is 12.5 Å². The third-order valence-electron chi connectivity index (χ3n) is 10.1. The first-order valence-electron chi connectivity index (χ1n) is 15.2. The summed E-state index contributed by atoms with van der Waals surface area (Å²) in [5, 5.41) is 31.2. The molecule has 3 N–H and O–H groups in total. The summed E-state index contributed by atoms with van der Waals surface area (Å²) in [5.41, 5.74) is 2.16. The predicted octanol–water partition coefficient (Wildman–Crippen LogP) is 4.39. The Balaban J connectivity index is 2.03. The van der Waals surface area contributed by atoms with Crippen molar-refractivity contribution in [2.45, 2.75) is 131 Å². The SMILES string of the molecule is C/C=C(/C)C(=O)O[C@@H]1[C@@H](O[C@H]2O[C@@H](C)[C@@H](O)[C@@H](OC(C)=O)[C@@H]2O)C[C@]2(C)[C@H](CC/C(C)=C/CO)C(C)=CC[C@@H]2C1(C)C. The second kappa shape index (κ2) is 13.7. The van der Waals surface area contributed by atoms with E-state index in [9.17, 15) is 24.9 Å². The number of allylic oxidation sites excluding steroid dienone is 4. The minimum Gasteiger partial charge on any atom is -0.457 e. The van der Waals surface area contributed by atoms with E-state index in [4.69, 9.17) is 18.9 Å². The molecule has 0 aromatic rings. The van der Waals surface area contributed by atoms with Crippen LogP contribution < -0.4 is 0 Å². The van der Waals surface area contributed by atoms with Gasteiger partial charge in [-0.1, -0.05) is 50.1 Å². The molecule has 2 aliphatic carbocycles. The van der Waals surface area contributed by atoms with E-state index >= 15 is 0 Å². The van der Waals surface area contributed by atoms with Crippen molar-refractivity contribution >= 4 is 11.9 Å². The standard InChI is InChI=1S/C33H52O9/c1-10-19(3)30(38)42-29-24(41-31-27(37)28(40-22(6)35)26(36)21(5)39-31)17-33(9)23(13-11-18(2)15-16-34)20(4)12-14-25(33)32(29,7)8/h10,12,15,21,23-29,31,34,36-37H,11,13-14,16-17H2,1-9H3/b18-15+,19-10-/t21-,23+,24-,25+,26+,27-,28+,29+,31+,33+/m0/s1. The van der Waals surface area contributed by atoms with Crippen LogP contribution in [0.5, 0.6) is 0 Å². The van der Waals surface area contributed by atoms with Crippen LogP contribution >= 0.6 is 0 Å². The van der Waals surface area contributed by atoms with Crippen molar-refractivity contribution in [3.8, 4) is 0 Å². The molecule has 1 saturated heterocycles. The van der Waals surface area contributed by atoms with Crippen molar-refractivity contribution in [2.24, 2.45) is 22.7 Å².